The van der Waals surface area contributed by atoms with Gasteiger partial charge in [0.15, 0.2) is 0 Å². The Morgan fingerprint density at radius 3 is 2.26 bits per heavy atom. The molecule has 1 heterocycles. The Labute approximate surface area is 199 Å². The number of thiocarbonyl (C=S) groups is 1. The molecule has 1 saturated heterocycles. The van der Waals surface area contributed by atoms with Crippen LogP contribution in [0.15, 0.2) is 72.8 Å². The Hall–Kier alpha value is -2.11. The molecule has 0 atom stereocenters. The number of rotatable bonds is 6. The molecule has 160 valence electrons. The standard InChI is InChI=1S/C25H24Cl2N2OS/c26-22-9-6-21(24(27)16-22)18-30-23-10-7-20(8-11-23)25(31)29-14-12-28(13-15-29)17-19-4-2-1-3-5-19/h1-11,16H,12-15,17-18H2. The van der Waals surface area contributed by atoms with Gasteiger partial charge in [0.25, 0.3) is 0 Å². The van der Waals surface area contributed by atoms with Crippen molar-refractivity contribution in [1.29, 1.82) is 0 Å². The Bertz CT molecular complexity index is 1020. The smallest absolute Gasteiger partial charge is 0.119 e. The highest BCUT2D eigenvalue weighted by atomic mass is 35.5. The third-order valence-electron chi connectivity index (χ3n) is 5.42. The summed E-state index contributed by atoms with van der Waals surface area (Å²) in [5, 5.41) is 1.23. The molecule has 0 N–H and O–H groups in total. The van der Waals surface area contributed by atoms with Crippen LogP contribution in [0.3, 0.4) is 0 Å². The van der Waals surface area contributed by atoms with Gasteiger partial charge in [-0.3, -0.25) is 4.90 Å². The van der Waals surface area contributed by atoms with E-state index in [0.29, 0.717) is 16.7 Å². The molecule has 6 heteroatoms. The predicted octanol–water partition coefficient (Wildman–Crippen LogP) is 6.07. The number of benzene rings is 3. The van der Waals surface area contributed by atoms with Gasteiger partial charge in [0.05, 0.1) is 0 Å². The van der Waals surface area contributed by atoms with Crippen LogP contribution in [-0.2, 0) is 13.2 Å². The second-order valence-electron chi connectivity index (χ2n) is 7.60. The van der Waals surface area contributed by atoms with Crippen molar-refractivity contribution in [3.05, 3.63) is 99.5 Å². The maximum Gasteiger partial charge on any atom is 0.119 e. The lowest BCUT2D eigenvalue weighted by Gasteiger charge is -2.36. The monoisotopic (exact) mass is 470 g/mol. The zero-order valence-electron chi connectivity index (χ0n) is 17.1. The fraction of sp³-hybridized carbons (Fsp3) is 0.240. The fourth-order valence-corrected chi connectivity index (χ4v) is 4.41. The van der Waals surface area contributed by atoms with Crippen LogP contribution in [0.4, 0.5) is 0 Å². The summed E-state index contributed by atoms with van der Waals surface area (Å²) in [6.45, 7) is 5.29. The van der Waals surface area contributed by atoms with E-state index >= 15 is 0 Å². The molecule has 0 aliphatic carbocycles. The van der Waals surface area contributed by atoms with Crippen molar-refractivity contribution in [2.45, 2.75) is 13.2 Å². The van der Waals surface area contributed by atoms with Gasteiger partial charge in [-0.05, 0) is 42.0 Å². The second kappa shape index (κ2) is 10.5. The van der Waals surface area contributed by atoms with Crippen LogP contribution in [0, 0.1) is 0 Å². The highest BCUT2D eigenvalue weighted by Crippen LogP contribution is 2.23. The number of hydrogen-bond acceptors (Lipinski definition) is 3. The van der Waals surface area contributed by atoms with Crippen LogP contribution >= 0.6 is 35.4 Å². The van der Waals surface area contributed by atoms with E-state index in [4.69, 9.17) is 40.2 Å². The van der Waals surface area contributed by atoms with Crippen molar-refractivity contribution in [2.24, 2.45) is 0 Å². The second-order valence-corrected chi connectivity index (χ2v) is 8.83. The molecule has 0 bridgehead atoms. The molecule has 31 heavy (non-hydrogen) atoms. The molecular formula is C25H24Cl2N2OS. The average molecular weight is 471 g/mol. The van der Waals surface area contributed by atoms with Crippen molar-refractivity contribution in [2.75, 3.05) is 26.2 Å². The average Bonchev–Trinajstić information content (AvgIpc) is 2.80. The van der Waals surface area contributed by atoms with Crippen LogP contribution in [0.1, 0.15) is 16.7 Å². The Balaban J connectivity index is 1.28. The summed E-state index contributed by atoms with van der Waals surface area (Å²) >= 11 is 17.9. The predicted molar refractivity (Wildman–Crippen MR) is 132 cm³/mol. The van der Waals surface area contributed by atoms with E-state index in [0.717, 1.165) is 54.6 Å². The molecule has 0 spiro atoms. The van der Waals surface area contributed by atoms with Crippen LogP contribution in [0.5, 0.6) is 5.75 Å². The van der Waals surface area contributed by atoms with Crippen molar-refractivity contribution in [3.8, 4) is 5.75 Å². The van der Waals surface area contributed by atoms with E-state index in [9.17, 15) is 0 Å². The molecule has 1 aliphatic heterocycles. The quantitative estimate of drug-likeness (QED) is 0.406. The summed E-state index contributed by atoms with van der Waals surface area (Å²) in [6, 6.07) is 24.0. The molecule has 3 nitrogen and oxygen atoms in total. The van der Waals surface area contributed by atoms with Crippen molar-refractivity contribution in [1.82, 2.24) is 9.80 Å². The van der Waals surface area contributed by atoms with E-state index in [2.05, 4.69) is 40.1 Å². The molecule has 0 radical (unpaired) electrons. The van der Waals surface area contributed by atoms with E-state index < -0.39 is 0 Å². The first-order valence-corrected chi connectivity index (χ1v) is 11.5. The number of halogens is 2. The molecule has 3 aromatic rings. The SMILES string of the molecule is S=C(c1ccc(OCc2ccc(Cl)cc2Cl)cc1)N1CCN(Cc2ccccc2)CC1. The maximum atomic E-state index is 6.21. The van der Waals surface area contributed by atoms with E-state index in [-0.39, 0.29) is 0 Å². The lowest BCUT2D eigenvalue weighted by molar-refractivity contribution is 0.177. The zero-order valence-corrected chi connectivity index (χ0v) is 19.5. The molecule has 0 unspecified atom stereocenters. The van der Waals surface area contributed by atoms with Crippen molar-refractivity contribution < 1.29 is 4.74 Å². The number of nitrogens with zero attached hydrogens (tertiary/aromatic N) is 2. The third kappa shape index (κ3) is 5.98. The Kier molecular flexibility index (Phi) is 7.46. The minimum Gasteiger partial charge on any atom is -0.489 e. The number of piperazine rings is 1. The maximum absolute atomic E-state index is 6.21. The first kappa shape index (κ1) is 22.1. The molecule has 0 amide bonds. The third-order valence-corrected chi connectivity index (χ3v) is 6.50. The summed E-state index contributed by atoms with van der Waals surface area (Å²) in [5.41, 5.74) is 3.30. The van der Waals surface area contributed by atoms with E-state index in [1.54, 1.807) is 6.07 Å². The summed E-state index contributed by atoms with van der Waals surface area (Å²) in [5.74, 6) is 0.783. The Morgan fingerprint density at radius 2 is 1.58 bits per heavy atom. The van der Waals surface area contributed by atoms with Gasteiger partial charge >= 0.3 is 0 Å². The van der Waals surface area contributed by atoms with Gasteiger partial charge in [-0.25, -0.2) is 0 Å². The minimum absolute atomic E-state index is 0.392. The van der Waals surface area contributed by atoms with Gasteiger partial charge in [-0.1, -0.05) is 71.8 Å². The molecule has 1 fully saturated rings. The molecule has 4 rings (SSSR count). The van der Waals surface area contributed by atoms with Crippen molar-refractivity contribution >= 4 is 40.4 Å². The summed E-state index contributed by atoms with van der Waals surface area (Å²) in [6.07, 6.45) is 0. The molecule has 0 aromatic heterocycles. The normalized spacial score (nSPS) is 14.5. The van der Waals surface area contributed by atoms with E-state index in [1.165, 1.54) is 5.56 Å². The van der Waals surface area contributed by atoms with E-state index in [1.807, 2.05) is 36.4 Å². The summed E-state index contributed by atoms with van der Waals surface area (Å²) < 4.78 is 5.87. The van der Waals surface area contributed by atoms with Gasteiger partial charge in [-0.15, -0.1) is 0 Å². The zero-order chi connectivity index (χ0) is 21.6. The van der Waals surface area contributed by atoms with Crippen LogP contribution < -0.4 is 4.74 Å². The van der Waals surface area contributed by atoms with Crippen LogP contribution in [0.25, 0.3) is 0 Å². The minimum atomic E-state index is 0.392. The highest BCUT2D eigenvalue weighted by molar-refractivity contribution is 7.80. The highest BCUT2D eigenvalue weighted by Gasteiger charge is 2.19. The first-order chi connectivity index (χ1) is 15.1. The molecular weight excluding hydrogens is 447 g/mol. The lowest BCUT2D eigenvalue weighted by Crippen LogP contribution is -2.47. The Morgan fingerprint density at radius 1 is 0.871 bits per heavy atom. The summed E-state index contributed by atoms with van der Waals surface area (Å²) in [7, 11) is 0. The molecule has 1 aliphatic rings. The number of ether oxygens (including phenoxy) is 1. The van der Waals surface area contributed by atoms with Gasteiger partial charge in [0.1, 0.15) is 17.3 Å². The van der Waals surface area contributed by atoms with Gasteiger partial charge in [0.2, 0.25) is 0 Å². The molecule has 0 saturated carbocycles. The summed E-state index contributed by atoms with van der Waals surface area (Å²) in [4.78, 5) is 5.67. The topological polar surface area (TPSA) is 15.7 Å². The van der Waals surface area contributed by atoms with Crippen LogP contribution in [0.2, 0.25) is 10.0 Å². The van der Waals surface area contributed by atoms with Crippen LogP contribution in [-0.4, -0.2) is 41.0 Å². The number of hydrogen-bond donors (Lipinski definition) is 0. The first-order valence-electron chi connectivity index (χ1n) is 10.3. The van der Waals surface area contributed by atoms with Gasteiger partial charge in [0, 0.05) is 53.9 Å². The lowest BCUT2D eigenvalue weighted by atomic mass is 10.1. The largest absolute Gasteiger partial charge is 0.489 e. The van der Waals surface area contributed by atoms with Gasteiger partial charge < -0.3 is 9.64 Å². The molecule has 3 aromatic carbocycles. The van der Waals surface area contributed by atoms with Crippen molar-refractivity contribution in [3.63, 3.8) is 0 Å². The van der Waals surface area contributed by atoms with Gasteiger partial charge in [-0.2, -0.15) is 0 Å². The fourth-order valence-electron chi connectivity index (χ4n) is 3.63.